The van der Waals surface area contributed by atoms with Gasteiger partial charge in [0.05, 0.1) is 20.3 Å². The minimum Gasteiger partial charge on any atom is -0.497 e. The van der Waals surface area contributed by atoms with Crippen LogP contribution in [0.25, 0.3) is 6.08 Å². The summed E-state index contributed by atoms with van der Waals surface area (Å²) in [7, 11) is 3.08. The molecule has 0 aliphatic carbocycles. The predicted molar refractivity (Wildman–Crippen MR) is 85.1 cm³/mol. The smallest absolute Gasteiger partial charge is 0.262 e. The Kier molecular flexibility index (Phi) is 6.01. The lowest BCUT2D eigenvalue weighted by atomic mass is 10.1. The zero-order valence-electron chi connectivity index (χ0n) is 13.3. The van der Waals surface area contributed by atoms with Gasteiger partial charge in [-0.15, -0.1) is 0 Å². The SMILES string of the molecule is COc1ccc(/C=C(/C#N)C(=O)NCC2CCCO2)c(OC)c1. The summed E-state index contributed by atoms with van der Waals surface area (Å²) in [5, 5.41) is 12.0. The molecule has 1 aliphatic rings. The molecule has 0 radical (unpaired) electrons. The number of nitrogens with zero attached hydrogens (tertiary/aromatic N) is 1. The topological polar surface area (TPSA) is 80.6 Å². The van der Waals surface area contributed by atoms with Gasteiger partial charge in [0.25, 0.3) is 5.91 Å². The van der Waals surface area contributed by atoms with E-state index in [4.69, 9.17) is 14.2 Å². The first-order chi connectivity index (χ1) is 11.2. The lowest BCUT2D eigenvalue weighted by molar-refractivity contribution is -0.117. The zero-order chi connectivity index (χ0) is 16.7. The highest BCUT2D eigenvalue weighted by Gasteiger charge is 2.18. The number of hydrogen-bond acceptors (Lipinski definition) is 5. The first kappa shape index (κ1) is 16.8. The molecule has 0 saturated carbocycles. The van der Waals surface area contributed by atoms with Gasteiger partial charge in [0.2, 0.25) is 0 Å². The molecule has 1 aliphatic heterocycles. The molecule has 122 valence electrons. The Morgan fingerprint density at radius 1 is 1.48 bits per heavy atom. The normalized spacial score (nSPS) is 17.4. The summed E-state index contributed by atoms with van der Waals surface area (Å²) in [5.41, 5.74) is 0.656. The maximum Gasteiger partial charge on any atom is 0.262 e. The average molecular weight is 316 g/mol. The van der Waals surface area contributed by atoms with Gasteiger partial charge in [-0.25, -0.2) is 0 Å². The second-order valence-corrected chi connectivity index (χ2v) is 5.12. The van der Waals surface area contributed by atoms with Crippen molar-refractivity contribution in [1.29, 1.82) is 5.26 Å². The number of ether oxygens (including phenoxy) is 3. The first-order valence-electron chi connectivity index (χ1n) is 7.41. The second-order valence-electron chi connectivity index (χ2n) is 5.12. The molecule has 6 heteroatoms. The number of carbonyl (C=O) groups is 1. The van der Waals surface area contributed by atoms with Crippen molar-refractivity contribution < 1.29 is 19.0 Å². The van der Waals surface area contributed by atoms with Crippen molar-refractivity contribution in [2.24, 2.45) is 0 Å². The lowest BCUT2D eigenvalue weighted by Crippen LogP contribution is -2.32. The minimum absolute atomic E-state index is 0.0199. The number of nitriles is 1. The average Bonchev–Trinajstić information content (AvgIpc) is 3.11. The molecule has 0 aromatic heterocycles. The quantitative estimate of drug-likeness (QED) is 0.640. The van der Waals surface area contributed by atoms with Crippen LogP contribution in [0.1, 0.15) is 18.4 Å². The van der Waals surface area contributed by atoms with Crippen molar-refractivity contribution in [2.75, 3.05) is 27.4 Å². The third-order valence-electron chi connectivity index (χ3n) is 3.62. The predicted octanol–water partition coefficient (Wildman–Crippen LogP) is 1.91. The van der Waals surface area contributed by atoms with Crippen molar-refractivity contribution in [2.45, 2.75) is 18.9 Å². The fourth-order valence-electron chi connectivity index (χ4n) is 2.35. The molecular formula is C17H20N2O4. The van der Waals surface area contributed by atoms with Gasteiger partial charge in [-0.05, 0) is 31.1 Å². The molecule has 1 saturated heterocycles. The molecule has 0 bridgehead atoms. The van der Waals surface area contributed by atoms with Crippen molar-refractivity contribution in [1.82, 2.24) is 5.32 Å². The summed E-state index contributed by atoms with van der Waals surface area (Å²) < 4.78 is 15.8. The highest BCUT2D eigenvalue weighted by molar-refractivity contribution is 6.02. The van der Waals surface area contributed by atoms with E-state index in [2.05, 4.69) is 5.32 Å². The standard InChI is InChI=1S/C17H20N2O4/c1-21-14-6-5-12(16(9-14)22-2)8-13(10-18)17(20)19-11-15-4-3-7-23-15/h5-6,8-9,15H,3-4,7,11H2,1-2H3,(H,19,20)/b13-8-. The number of nitrogens with one attached hydrogen (secondary N) is 1. The Labute approximate surface area is 135 Å². The van der Waals surface area contributed by atoms with Crippen LogP contribution in [0.5, 0.6) is 11.5 Å². The summed E-state index contributed by atoms with van der Waals surface area (Å²) in [6.45, 7) is 1.14. The second kappa shape index (κ2) is 8.20. The highest BCUT2D eigenvalue weighted by Crippen LogP contribution is 2.26. The molecule has 0 spiro atoms. The molecule has 1 aromatic rings. The van der Waals surface area contributed by atoms with E-state index >= 15 is 0 Å². The van der Waals surface area contributed by atoms with Crippen LogP contribution in [0.15, 0.2) is 23.8 Å². The van der Waals surface area contributed by atoms with Crippen LogP contribution in [0.4, 0.5) is 0 Å². The molecule has 1 heterocycles. The molecule has 6 nitrogen and oxygen atoms in total. The fraction of sp³-hybridized carbons (Fsp3) is 0.412. The highest BCUT2D eigenvalue weighted by atomic mass is 16.5. The summed E-state index contributed by atoms with van der Waals surface area (Å²) in [6.07, 6.45) is 3.47. The van der Waals surface area contributed by atoms with Crippen LogP contribution in [0.2, 0.25) is 0 Å². The maximum absolute atomic E-state index is 12.1. The largest absolute Gasteiger partial charge is 0.497 e. The number of carbonyl (C=O) groups excluding carboxylic acids is 1. The summed E-state index contributed by atoms with van der Waals surface area (Å²) in [6, 6.07) is 7.11. The number of methoxy groups -OCH3 is 2. The lowest BCUT2D eigenvalue weighted by Gasteiger charge is -2.11. The van der Waals surface area contributed by atoms with Gasteiger partial charge in [0, 0.05) is 24.8 Å². The van der Waals surface area contributed by atoms with E-state index in [-0.39, 0.29) is 11.7 Å². The van der Waals surface area contributed by atoms with E-state index < -0.39 is 5.91 Å². The van der Waals surface area contributed by atoms with Crippen molar-refractivity contribution in [3.8, 4) is 17.6 Å². The Balaban J connectivity index is 2.11. The molecule has 23 heavy (non-hydrogen) atoms. The Morgan fingerprint density at radius 2 is 2.30 bits per heavy atom. The summed E-state index contributed by atoms with van der Waals surface area (Å²) in [5.74, 6) is 0.755. The maximum atomic E-state index is 12.1. The van der Waals surface area contributed by atoms with E-state index in [1.54, 1.807) is 25.3 Å². The van der Waals surface area contributed by atoms with Gasteiger partial charge in [-0.1, -0.05) is 0 Å². The van der Waals surface area contributed by atoms with Crippen molar-refractivity contribution >= 4 is 12.0 Å². The van der Waals surface area contributed by atoms with E-state index in [1.807, 2.05) is 6.07 Å². The van der Waals surface area contributed by atoms with Crippen LogP contribution in [-0.2, 0) is 9.53 Å². The molecule has 1 aromatic carbocycles. The number of amides is 1. The van der Waals surface area contributed by atoms with Gasteiger partial charge < -0.3 is 19.5 Å². The monoisotopic (exact) mass is 316 g/mol. The van der Waals surface area contributed by atoms with Gasteiger partial charge in [-0.3, -0.25) is 4.79 Å². The molecule has 1 atom stereocenters. The van der Waals surface area contributed by atoms with E-state index in [0.29, 0.717) is 23.6 Å². The zero-order valence-corrected chi connectivity index (χ0v) is 13.3. The number of benzene rings is 1. The van der Waals surface area contributed by atoms with Crippen LogP contribution in [0.3, 0.4) is 0 Å². The van der Waals surface area contributed by atoms with Gasteiger partial charge in [0.15, 0.2) is 0 Å². The Bertz CT molecular complexity index is 628. The van der Waals surface area contributed by atoms with Crippen LogP contribution >= 0.6 is 0 Å². The van der Waals surface area contributed by atoms with Gasteiger partial charge >= 0.3 is 0 Å². The number of hydrogen-bond donors (Lipinski definition) is 1. The summed E-state index contributed by atoms with van der Waals surface area (Å²) >= 11 is 0. The van der Waals surface area contributed by atoms with E-state index in [0.717, 1.165) is 19.4 Å². The van der Waals surface area contributed by atoms with Crippen LogP contribution < -0.4 is 14.8 Å². The molecule has 1 amide bonds. The van der Waals surface area contributed by atoms with Gasteiger partial charge in [0.1, 0.15) is 23.1 Å². The van der Waals surface area contributed by atoms with E-state index in [1.165, 1.54) is 13.2 Å². The molecule has 2 rings (SSSR count). The Hall–Kier alpha value is -2.52. The fourth-order valence-corrected chi connectivity index (χ4v) is 2.35. The van der Waals surface area contributed by atoms with Crippen molar-refractivity contribution in [3.05, 3.63) is 29.3 Å². The Morgan fingerprint density at radius 3 is 2.91 bits per heavy atom. The van der Waals surface area contributed by atoms with Crippen LogP contribution in [0, 0.1) is 11.3 Å². The molecule has 1 fully saturated rings. The molecular weight excluding hydrogens is 296 g/mol. The third kappa shape index (κ3) is 4.47. The molecule has 1 N–H and O–H groups in total. The number of rotatable bonds is 6. The van der Waals surface area contributed by atoms with Crippen LogP contribution in [-0.4, -0.2) is 39.4 Å². The van der Waals surface area contributed by atoms with E-state index in [9.17, 15) is 10.1 Å². The first-order valence-corrected chi connectivity index (χ1v) is 7.41. The minimum atomic E-state index is -0.416. The summed E-state index contributed by atoms with van der Waals surface area (Å²) in [4.78, 5) is 12.1. The third-order valence-corrected chi connectivity index (χ3v) is 3.62. The molecule has 1 unspecified atom stereocenters. The van der Waals surface area contributed by atoms with Gasteiger partial charge in [-0.2, -0.15) is 5.26 Å². The van der Waals surface area contributed by atoms with Crippen molar-refractivity contribution in [3.63, 3.8) is 0 Å².